The lowest BCUT2D eigenvalue weighted by Gasteiger charge is -2.28. The van der Waals surface area contributed by atoms with E-state index in [4.69, 9.17) is 0 Å². The molecule has 27 heavy (non-hydrogen) atoms. The molecule has 1 aliphatic carbocycles. The van der Waals surface area contributed by atoms with E-state index in [1.165, 1.54) is 44.9 Å². The normalized spacial score (nSPS) is 20.0. The molecule has 0 radical (unpaired) electrons. The first-order valence-electron chi connectivity index (χ1n) is 10.8. The summed E-state index contributed by atoms with van der Waals surface area (Å²) in [5, 5.41) is 0. The fourth-order valence-electron chi connectivity index (χ4n) is 4.39. The summed E-state index contributed by atoms with van der Waals surface area (Å²) in [4.78, 5) is 8.70. The SMILES string of the molecule is CCCc1cnc(-c2ccc(CC[C@H]3CC[C@H](CCC)CC3)cc2F)nc1. The van der Waals surface area contributed by atoms with E-state index >= 15 is 0 Å². The van der Waals surface area contributed by atoms with Gasteiger partial charge in [0.1, 0.15) is 5.82 Å². The van der Waals surface area contributed by atoms with Gasteiger partial charge in [0.05, 0.1) is 5.56 Å². The van der Waals surface area contributed by atoms with Crippen molar-refractivity contribution >= 4 is 0 Å². The minimum absolute atomic E-state index is 0.206. The van der Waals surface area contributed by atoms with Crippen molar-refractivity contribution in [2.75, 3.05) is 0 Å². The second-order valence-electron chi connectivity index (χ2n) is 8.19. The quantitative estimate of drug-likeness (QED) is 0.513. The third-order valence-corrected chi connectivity index (χ3v) is 6.02. The highest BCUT2D eigenvalue weighted by Crippen LogP contribution is 2.34. The van der Waals surface area contributed by atoms with E-state index in [9.17, 15) is 4.39 Å². The van der Waals surface area contributed by atoms with Crippen LogP contribution in [0.4, 0.5) is 4.39 Å². The van der Waals surface area contributed by atoms with Crippen LogP contribution in [0.5, 0.6) is 0 Å². The molecule has 1 fully saturated rings. The van der Waals surface area contributed by atoms with Crippen molar-refractivity contribution in [1.82, 2.24) is 9.97 Å². The van der Waals surface area contributed by atoms with Crippen LogP contribution in [0, 0.1) is 17.7 Å². The molecule has 1 saturated carbocycles. The number of aryl methyl sites for hydroxylation is 2. The number of rotatable bonds is 8. The van der Waals surface area contributed by atoms with Crippen LogP contribution in [-0.2, 0) is 12.8 Å². The van der Waals surface area contributed by atoms with Crippen molar-refractivity contribution < 1.29 is 4.39 Å². The summed E-state index contributed by atoms with van der Waals surface area (Å²) >= 11 is 0. The molecular weight excluding hydrogens is 335 g/mol. The molecule has 3 rings (SSSR count). The molecule has 3 heteroatoms. The van der Waals surface area contributed by atoms with Crippen LogP contribution in [0.3, 0.4) is 0 Å². The lowest BCUT2D eigenvalue weighted by Crippen LogP contribution is -2.15. The Morgan fingerprint density at radius 2 is 1.52 bits per heavy atom. The van der Waals surface area contributed by atoms with E-state index < -0.39 is 0 Å². The molecule has 0 aliphatic heterocycles. The van der Waals surface area contributed by atoms with Crippen molar-refractivity contribution in [1.29, 1.82) is 0 Å². The van der Waals surface area contributed by atoms with Gasteiger partial charge in [-0.3, -0.25) is 0 Å². The molecule has 0 amide bonds. The molecule has 0 saturated heterocycles. The average Bonchev–Trinajstić information content (AvgIpc) is 2.69. The first-order chi connectivity index (χ1) is 13.2. The number of aromatic nitrogens is 2. The second kappa shape index (κ2) is 9.96. The molecule has 1 aliphatic rings. The van der Waals surface area contributed by atoms with Crippen molar-refractivity contribution in [3.8, 4) is 11.4 Å². The van der Waals surface area contributed by atoms with Gasteiger partial charge in [0.2, 0.25) is 0 Å². The molecule has 1 heterocycles. The largest absolute Gasteiger partial charge is 0.236 e. The summed E-state index contributed by atoms with van der Waals surface area (Å²) in [7, 11) is 0. The minimum atomic E-state index is -0.206. The number of halogens is 1. The van der Waals surface area contributed by atoms with E-state index in [1.54, 1.807) is 6.07 Å². The Balaban J connectivity index is 1.55. The smallest absolute Gasteiger partial charge is 0.162 e. The predicted octanol–water partition coefficient (Wildman–Crippen LogP) is 6.77. The minimum Gasteiger partial charge on any atom is -0.236 e. The predicted molar refractivity (Wildman–Crippen MR) is 110 cm³/mol. The van der Waals surface area contributed by atoms with Gasteiger partial charge < -0.3 is 0 Å². The van der Waals surface area contributed by atoms with Gasteiger partial charge in [-0.05, 0) is 54.4 Å². The summed E-state index contributed by atoms with van der Waals surface area (Å²) in [6.45, 7) is 4.41. The lowest BCUT2D eigenvalue weighted by atomic mass is 9.78. The molecule has 1 aromatic heterocycles. The molecule has 2 nitrogen and oxygen atoms in total. The summed E-state index contributed by atoms with van der Waals surface area (Å²) < 4.78 is 14.6. The van der Waals surface area contributed by atoms with E-state index in [2.05, 4.69) is 23.8 Å². The monoisotopic (exact) mass is 368 g/mol. The van der Waals surface area contributed by atoms with Crippen molar-refractivity contribution in [2.24, 2.45) is 11.8 Å². The number of benzene rings is 1. The fourth-order valence-corrected chi connectivity index (χ4v) is 4.39. The van der Waals surface area contributed by atoms with Crippen LogP contribution < -0.4 is 0 Å². The van der Waals surface area contributed by atoms with Crippen LogP contribution >= 0.6 is 0 Å². The Bertz CT molecular complexity index is 703. The van der Waals surface area contributed by atoms with Crippen LogP contribution in [0.2, 0.25) is 0 Å². The van der Waals surface area contributed by atoms with Crippen LogP contribution in [-0.4, -0.2) is 9.97 Å². The zero-order valence-electron chi connectivity index (χ0n) is 16.9. The van der Waals surface area contributed by atoms with Crippen molar-refractivity contribution in [2.45, 2.75) is 78.1 Å². The van der Waals surface area contributed by atoms with E-state index in [0.717, 1.165) is 42.2 Å². The molecule has 146 valence electrons. The third-order valence-electron chi connectivity index (χ3n) is 6.02. The van der Waals surface area contributed by atoms with Crippen LogP contribution in [0.25, 0.3) is 11.4 Å². The Kier molecular flexibility index (Phi) is 7.37. The van der Waals surface area contributed by atoms with Gasteiger partial charge in [0, 0.05) is 12.4 Å². The molecule has 0 N–H and O–H groups in total. The molecule has 0 atom stereocenters. The molecule has 1 aromatic carbocycles. The maximum absolute atomic E-state index is 14.6. The van der Waals surface area contributed by atoms with Gasteiger partial charge in [-0.15, -0.1) is 0 Å². The molecule has 0 bridgehead atoms. The highest BCUT2D eigenvalue weighted by Gasteiger charge is 2.20. The summed E-state index contributed by atoms with van der Waals surface area (Å²) in [5.41, 5.74) is 2.70. The molecule has 0 spiro atoms. The van der Waals surface area contributed by atoms with Gasteiger partial charge in [-0.25, -0.2) is 14.4 Å². The third kappa shape index (κ3) is 5.60. The standard InChI is InChI=1S/C24H33FN2/c1-3-5-18-7-9-19(10-8-18)11-12-20-13-14-22(23(25)15-20)24-26-16-21(6-4-2)17-27-24/h13-19H,3-12H2,1-2H3/t18-,19-. The zero-order valence-corrected chi connectivity index (χ0v) is 16.9. The molecule has 0 unspecified atom stereocenters. The number of nitrogens with zero attached hydrogens (tertiary/aromatic N) is 2. The van der Waals surface area contributed by atoms with Gasteiger partial charge in [-0.1, -0.05) is 64.9 Å². The van der Waals surface area contributed by atoms with Crippen LogP contribution in [0.15, 0.2) is 30.6 Å². The van der Waals surface area contributed by atoms with Gasteiger partial charge in [-0.2, -0.15) is 0 Å². The van der Waals surface area contributed by atoms with Gasteiger partial charge in [0.15, 0.2) is 5.82 Å². The lowest BCUT2D eigenvalue weighted by molar-refractivity contribution is 0.252. The summed E-state index contributed by atoms with van der Waals surface area (Å²) in [6, 6.07) is 5.57. The van der Waals surface area contributed by atoms with Crippen molar-refractivity contribution in [3.05, 3.63) is 47.5 Å². The first kappa shape index (κ1) is 20.0. The Labute approximate surface area is 163 Å². The van der Waals surface area contributed by atoms with E-state index in [0.29, 0.717) is 11.4 Å². The van der Waals surface area contributed by atoms with E-state index in [1.807, 2.05) is 24.5 Å². The number of hydrogen-bond donors (Lipinski definition) is 0. The zero-order chi connectivity index (χ0) is 19.1. The fraction of sp³-hybridized carbons (Fsp3) is 0.583. The van der Waals surface area contributed by atoms with Gasteiger partial charge in [0.25, 0.3) is 0 Å². The second-order valence-corrected chi connectivity index (χ2v) is 8.19. The topological polar surface area (TPSA) is 25.8 Å². The average molecular weight is 369 g/mol. The summed E-state index contributed by atoms with van der Waals surface area (Å²) in [6.07, 6.45) is 16.0. The highest BCUT2D eigenvalue weighted by molar-refractivity contribution is 5.56. The first-order valence-corrected chi connectivity index (χ1v) is 10.8. The van der Waals surface area contributed by atoms with Crippen molar-refractivity contribution in [3.63, 3.8) is 0 Å². The Hall–Kier alpha value is -1.77. The Morgan fingerprint density at radius 3 is 2.11 bits per heavy atom. The molecular formula is C24H33FN2. The Morgan fingerprint density at radius 1 is 0.852 bits per heavy atom. The highest BCUT2D eigenvalue weighted by atomic mass is 19.1. The van der Waals surface area contributed by atoms with Crippen LogP contribution in [0.1, 0.15) is 76.3 Å². The number of hydrogen-bond acceptors (Lipinski definition) is 2. The van der Waals surface area contributed by atoms with Gasteiger partial charge >= 0.3 is 0 Å². The maximum Gasteiger partial charge on any atom is 0.162 e. The van der Waals surface area contributed by atoms with E-state index in [-0.39, 0.29) is 5.82 Å². The molecule has 2 aromatic rings. The maximum atomic E-state index is 14.6. The summed E-state index contributed by atoms with van der Waals surface area (Å²) in [5.74, 6) is 2.04.